The highest BCUT2D eigenvalue weighted by Crippen LogP contribution is 2.37. The molecule has 0 radical (unpaired) electrons. The third-order valence-electron chi connectivity index (χ3n) is 6.63. The molecule has 34 heavy (non-hydrogen) atoms. The lowest BCUT2D eigenvalue weighted by atomic mass is 9.90. The summed E-state index contributed by atoms with van der Waals surface area (Å²) in [6.07, 6.45) is 7.70. The predicted octanol–water partition coefficient (Wildman–Crippen LogP) is 4.45. The Balaban J connectivity index is 1.27. The molecule has 0 spiro atoms. The van der Waals surface area contributed by atoms with Crippen LogP contribution in [0.15, 0.2) is 47.7 Å². The first kappa shape index (κ1) is 21.7. The third-order valence-corrected chi connectivity index (χ3v) is 8.20. The van der Waals surface area contributed by atoms with Crippen molar-refractivity contribution in [2.75, 3.05) is 54.5 Å². The van der Waals surface area contributed by atoms with E-state index in [0.717, 1.165) is 79.1 Å². The van der Waals surface area contributed by atoms with Crippen LogP contribution in [-0.4, -0.2) is 59.3 Å². The van der Waals surface area contributed by atoms with Crippen LogP contribution in [0.4, 0.5) is 16.6 Å². The van der Waals surface area contributed by atoms with Crippen LogP contribution in [0.1, 0.15) is 23.9 Å². The van der Waals surface area contributed by atoms with Gasteiger partial charge in [0.15, 0.2) is 5.13 Å². The molecule has 2 aliphatic heterocycles. The lowest BCUT2D eigenvalue weighted by Gasteiger charge is -2.37. The molecule has 2 atom stereocenters. The molecular formula is C24H27N7OS2. The van der Waals surface area contributed by atoms with Crippen molar-refractivity contribution < 1.29 is 4.74 Å². The van der Waals surface area contributed by atoms with E-state index < -0.39 is 0 Å². The second kappa shape index (κ2) is 9.81. The van der Waals surface area contributed by atoms with Gasteiger partial charge in [-0.3, -0.25) is 0 Å². The highest BCUT2D eigenvalue weighted by atomic mass is 32.1. The summed E-state index contributed by atoms with van der Waals surface area (Å²) in [5, 5.41) is 10.9. The maximum Gasteiger partial charge on any atom is 0.183 e. The van der Waals surface area contributed by atoms with Gasteiger partial charge in [-0.05, 0) is 31.0 Å². The maximum atomic E-state index is 5.51. The number of nitrogens with zero attached hydrogens (tertiary/aromatic N) is 6. The number of thiazole rings is 2. The Bertz CT molecular complexity index is 1210. The number of piperidine rings is 1. The fourth-order valence-corrected chi connectivity index (χ4v) is 6.32. The Morgan fingerprint density at radius 1 is 0.971 bits per heavy atom. The van der Waals surface area contributed by atoms with Crippen molar-refractivity contribution in [2.24, 2.45) is 5.92 Å². The maximum absolute atomic E-state index is 5.51. The van der Waals surface area contributed by atoms with Gasteiger partial charge in [-0.1, -0.05) is 0 Å². The van der Waals surface area contributed by atoms with Gasteiger partial charge >= 0.3 is 0 Å². The molecular weight excluding hydrogens is 466 g/mol. The molecule has 8 nitrogen and oxygen atoms in total. The van der Waals surface area contributed by atoms with Crippen LogP contribution in [0.25, 0.3) is 10.9 Å². The number of morpholine rings is 1. The average molecular weight is 494 g/mol. The van der Waals surface area contributed by atoms with E-state index in [9.17, 15) is 0 Å². The van der Waals surface area contributed by atoms with Crippen LogP contribution in [0.5, 0.6) is 0 Å². The van der Waals surface area contributed by atoms with Gasteiger partial charge in [0, 0.05) is 66.3 Å². The summed E-state index contributed by atoms with van der Waals surface area (Å²) in [5.41, 5.74) is 2.20. The van der Waals surface area contributed by atoms with Crippen molar-refractivity contribution in [1.82, 2.24) is 19.9 Å². The molecule has 2 aliphatic rings. The van der Waals surface area contributed by atoms with E-state index in [1.807, 2.05) is 17.8 Å². The second-order valence-electron chi connectivity index (χ2n) is 8.68. The summed E-state index contributed by atoms with van der Waals surface area (Å²) in [5.74, 6) is 1.43. The zero-order valence-electron chi connectivity index (χ0n) is 18.8. The van der Waals surface area contributed by atoms with E-state index in [-0.39, 0.29) is 6.04 Å². The Morgan fingerprint density at radius 3 is 2.68 bits per heavy atom. The Labute approximate surface area is 206 Å². The number of nitrogens with one attached hydrogen (secondary N) is 1. The molecule has 6 rings (SSSR count). The SMILES string of the molecule is c1csc(NC(c2nccs2)C2CCCN(c3ncnc4cc(N5CCOCC5)ccc34)C2)n1. The summed E-state index contributed by atoms with van der Waals surface area (Å²) < 4.78 is 5.51. The number of aromatic nitrogens is 4. The van der Waals surface area contributed by atoms with E-state index in [1.165, 1.54) is 5.69 Å². The van der Waals surface area contributed by atoms with E-state index in [1.54, 1.807) is 29.0 Å². The number of fused-ring (bicyclic) bond motifs is 1. The van der Waals surface area contributed by atoms with E-state index >= 15 is 0 Å². The van der Waals surface area contributed by atoms with Gasteiger partial charge in [0.25, 0.3) is 0 Å². The molecule has 0 saturated carbocycles. The number of ether oxygens (including phenoxy) is 1. The fraction of sp³-hybridized carbons (Fsp3) is 0.417. The van der Waals surface area contributed by atoms with Crippen molar-refractivity contribution in [3.8, 4) is 0 Å². The van der Waals surface area contributed by atoms with Crippen LogP contribution >= 0.6 is 22.7 Å². The van der Waals surface area contributed by atoms with Crippen molar-refractivity contribution in [2.45, 2.75) is 18.9 Å². The fourth-order valence-electron chi connectivity index (χ4n) is 4.97. The summed E-state index contributed by atoms with van der Waals surface area (Å²) >= 11 is 3.34. The van der Waals surface area contributed by atoms with Gasteiger partial charge < -0.3 is 19.9 Å². The number of anilines is 3. The number of hydrogen-bond acceptors (Lipinski definition) is 10. The number of benzene rings is 1. The average Bonchev–Trinajstić information content (AvgIpc) is 3.62. The smallest absolute Gasteiger partial charge is 0.183 e. The molecule has 1 N–H and O–H groups in total. The van der Waals surface area contributed by atoms with Crippen LogP contribution < -0.4 is 15.1 Å². The molecule has 0 bridgehead atoms. The molecule has 1 aromatic carbocycles. The molecule has 3 aromatic heterocycles. The van der Waals surface area contributed by atoms with Gasteiger partial charge in [0.05, 0.1) is 24.8 Å². The summed E-state index contributed by atoms with van der Waals surface area (Å²) in [6, 6.07) is 6.71. The molecule has 5 heterocycles. The molecule has 2 unspecified atom stereocenters. The predicted molar refractivity (Wildman–Crippen MR) is 138 cm³/mol. The molecule has 4 aromatic rings. The van der Waals surface area contributed by atoms with Gasteiger partial charge in [-0.25, -0.2) is 19.9 Å². The van der Waals surface area contributed by atoms with E-state index in [4.69, 9.17) is 9.72 Å². The van der Waals surface area contributed by atoms with E-state index in [0.29, 0.717) is 5.92 Å². The van der Waals surface area contributed by atoms with Crippen LogP contribution in [0, 0.1) is 5.92 Å². The largest absolute Gasteiger partial charge is 0.378 e. The Kier molecular flexibility index (Phi) is 6.26. The third kappa shape index (κ3) is 4.45. The molecule has 10 heteroatoms. The molecule has 176 valence electrons. The van der Waals surface area contributed by atoms with Gasteiger partial charge in [0.1, 0.15) is 17.2 Å². The first-order valence-electron chi connectivity index (χ1n) is 11.7. The first-order chi connectivity index (χ1) is 16.8. The number of rotatable bonds is 6. The normalized spacial score (nSPS) is 19.9. The summed E-state index contributed by atoms with van der Waals surface area (Å²) in [6.45, 7) is 5.30. The highest BCUT2D eigenvalue weighted by molar-refractivity contribution is 7.13. The lowest BCUT2D eigenvalue weighted by Crippen LogP contribution is -2.40. The van der Waals surface area contributed by atoms with Crippen molar-refractivity contribution in [3.05, 3.63) is 52.7 Å². The van der Waals surface area contributed by atoms with Crippen molar-refractivity contribution in [3.63, 3.8) is 0 Å². The standard InChI is InChI=1S/C24H27N7OS2/c1-2-17(21(23-25-5-12-33-23)29-24-26-6-13-34-24)15-31(7-1)22-19-4-3-18(14-20(19)27-16-28-22)30-8-10-32-11-9-30/h3-6,12-14,16-17,21H,1-2,7-11,15H2,(H,26,29). The highest BCUT2D eigenvalue weighted by Gasteiger charge is 2.31. The molecule has 0 amide bonds. The first-order valence-corrected chi connectivity index (χ1v) is 13.5. The van der Waals surface area contributed by atoms with Crippen molar-refractivity contribution >= 4 is 50.2 Å². The Morgan fingerprint density at radius 2 is 1.85 bits per heavy atom. The molecule has 2 saturated heterocycles. The minimum Gasteiger partial charge on any atom is -0.378 e. The Hall–Kier alpha value is -2.82. The molecule has 0 aliphatic carbocycles. The zero-order chi connectivity index (χ0) is 22.7. The van der Waals surface area contributed by atoms with E-state index in [2.05, 4.69) is 53.6 Å². The van der Waals surface area contributed by atoms with Gasteiger partial charge in [-0.2, -0.15) is 0 Å². The summed E-state index contributed by atoms with van der Waals surface area (Å²) in [7, 11) is 0. The summed E-state index contributed by atoms with van der Waals surface area (Å²) in [4.78, 5) is 23.3. The van der Waals surface area contributed by atoms with Gasteiger partial charge in [0.2, 0.25) is 0 Å². The monoisotopic (exact) mass is 493 g/mol. The van der Waals surface area contributed by atoms with Crippen LogP contribution in [0.3, 0.4) is 0 Å². The van der Waals surface area contributed by atoms with Crippen molar-refractivity contribution in [1.29, 1.82) is 0 Å². The zero-order valence-corrected chi connectivity index (χ0v) is 20.5. The van der Waals surface area contributed by atoms with Crippen LogP contribution in [-0.2, 0) is 4.74 Å². The topological polar surface area (TPSA) is 79.3 Å². The quantitative estimate of drug-likeness (QED) is 0.422. The minimum absolute atomic E-state index is 0.134. The van der Waals surface area contributed by atoms with Crippen LogP contribution in [0.2, 0.25) is 0 Å². The number of hydrogen-bond donors (Lipinski definition) is 1. The second-order valence-corrected chi connectivity index (χ2v) is 10.5. The minimum atomic E-state index is 0.134. The molecule has 2 fully saturated rings. The lowest BCUT2D eigenvalue weighted by molar-refractivity contribution is 0.122. The van der Waals surface area contributed by atoms with Gasteiger partial charge in [-0.15, -0.1) is 22.7 Å².